The molecule has 1 fully saturated rings. The van der Waals surface area contributed by atoms with E-state index in [0.717, 1.165) is 17.2 Å². The third kappa shape index (κ3) is 3.17. The molecule has 0 unspecified atom stereocenters. The van der Waals surface area contributed by atoms with Crippen molar-refractivity contribution in [3.63, 3.8) is 0 Å². The third-order valence-electron chi connectivity index (χ3n) is 3.75. The SMILES string of the molecule is C[n+]1[nH]c(-c2ccc(OC/C(=C/F)CN)cc2)nc1C1CC1. The van der Waals surface area contributed by atoms with Gasteiger partial charge in [-0.15, -0.1) is 0 Å². The summed E-state index contributed by atoms with van der Waals surface area (Å²) in [5.41, 5.74) is 6.81. The van der Waals surface area contributed by atoms with Crippen molar-refractivity contribution in [3.05, 3.63) is 42.0 Å². The van der Waals surface area contributed by atoms with Gasteiger partial charge in [0.2, 0.25) is 0 Å². The van der Waals surface area contributed by atoms with Crippen molar-refractivity contribution in [3.8, 4) is 17.1 Å². The maximum atomic E-state index is 12.4. The van der Waals surface area contributed by atoms with Gasteiger partial charge in [-0.2, -0.15) is 9.78 Å². The predicted octanol–water partition coefficient (Wildman–Crippen LogP) is 1.97. The second-order valence-electron chi connectivity index (χ2n) is 5.55. The molecule has 0 bridgehead atoms. The first-order valence-electron chi connectivity index (χ1n) is 7.38. The lowest BCUT2D eigenvalue weighted by Crippen LogP contribution is -2.34. The summed E-state index contributed by atoms with van der Waals surface area (Å²) in [6.07, 6.45) is 2.93. The van der Waals surface area contributed by atoms with Crippen molar-refractivity contribution in [1.82, 2.24) is 10.1 Å². The molecule has 3 N–H and O–H groups in total. The van der Waals surface area contributed by atoms with Gasteiger partial charge in [-0.05, 0) is 42.1 Å². The first-order chi connectivity index (χ1) is 10.7. The predicted molar refractivity (Wildman–Crippen MR) is 80.9 cm³/mol. The zero-order valence-electron chi connectivity index (χ0n) is 12.6. The van der Waals surface area contributed by atoms with Crippen LogP contribution in [0.2, 0.25) is 0 Å². The highest BCUT2D eigenvalue weighted by atomic mass is 19.1. The Morgan fingerprint density at radius 1 is 1.45 bits per heavy atom. The van der Waals surface area contributed by atoms with Crippen LogP contribution < -0.4 is 15.2 Å². The molecule has 1 aromatic heterocycles. The lowest BCUT2D eigenvalue weighted by Gasteiger charge is -2.06. The van der Waals surface area contributed by atoms with Crippen LogP contribution in [0.25, 0.3) is 11.4 Å². The molecular formula is C16H20FN4O+. The summed E-state index contributed by atoms with van der Waals surface area (Å²) in [7, 11) is 1.99. The summed E-state index contributed by atoms with van der Waals surface area (Å²) in [6.45, 7) is 0.315. The summed E-state index contributed by atoms with van der Waals surface area (Å²) in [4.78, 5) is 4.66. The van der Waals surface area contributed by atoms with Crippen LogP contribution in [0.1, 0.15) is 24.6 Å². The van der Waals surface area contributed by atoms with Gasteiger partial charge in [-0.1, -0.05) is 0 Å². The van der Waals surface area contributed by atoms with E-state index < -0.39 is 0 Å². The summed E-state index contributed by atoms with van der Waals surface area (Å²) >= 11 is 0. The van der Waals surface area contributed by atoms with E-state index in [9.17, 15) is 4.39 Å². The number of H-pyrrole nitrogens is 1. The maximum Gasteiger partial charge on any atom is 0.322 e. The summed E-state index contributed by atoms with van der Waals surface area (Å²) in [6, 6.07) is 7.57. The molecule has 1 aromatic carbocycles. The van der Waals surface area contributed by atoms with Crippen molar-refractivity contribution in [1.29, 1.82) is 0 Å². The molecule has 22 heavy (non-hydrogen) atoms. The third-order valence-corrected chi connectivity index (χ3v) is 3.75. The minimum Gasteiger partial charge on any atom is -0.489 e. The minimum atomic E-state index is 0.154. The van der Waals surface area contributed by atoms with Crippen LogP contribution in [0.15, 0.2) is 36.2 Å². The fraction of sp³-hybridized carbons (Fsp3) is 0.375. The molecule has 5 nitrogen and oxygen atoms in total. The standard InChI is InChI=1S/C16H19FN4O/c1-21-16(13-2-3-13)19-15(20-21)12-4-6-14(7-5-12)22-10-11(8-17)9-18/h4-8,13H,2-3,9-10,18H2,1H3/p+1/b11-8+. The molecule has 116 valence electrons. The van der Waals surface area contributed by atoms with E-state index in [-0.39, 0.29) is 13.2 Å². The van der Waals surface area contributed by atoms with Crippen molar-refractivity contribution >= 4 is 0 Å². The van der Waals surface area contributed by atoms with Gasteiger partial charge in [0.05, 0.1) is 12.2 Å². The molecular weight excluding hydrogens is 283 g/mol. The van der Waals surface area contributed by atoms with Crippen molar-refractivity contribution < 1.29 is 13.8 Å². The Balaban J connectivity index is 1.70. The molecule has 0 saturated heterocycles. The topological polar surface area (TPSA) is 67.8 Å². The molecule has 1 aliphatic rings. The number of rotatable bonds is 6. The number of benzene rings is 1. The largest absolute Gasteiger partial charge is 0.489 e. The maximum absolute atomic E-state index is 12.4. The number of nitrogens with two attached hydrogens (primary N) is 1. The van der Waals surface area contributed by atoms with E-state index in [4.69, 9.17) is 10.5 Å². The summed E-state index contributed by atoms with van der Waals surface area (Å²) in [5.74, 6) is 3.23. The summed E-state index contributed by atoms with van der Waals surface area (Å²) < 4.78 is 19.9. The average Bonchev–Trinajstić information content (AvgIpc) is 3.31. The Kier molecular flexibility index (Phi) is 4.20. The normalized spacial score (nSPS) is 15.1. The number of aryl methyl sites for hydroxylation is 1. The number of halogens is 1. The minimum absolute atomic E-state index is 0.154. The Bertz CT molecular complexity index is 674. The lowest BCUT2D eigenvalue weighted by molar-refractivity contribution is -0.734. The number of nitrogens with one attached hydrogen (secondary N) is 1. The first-order valence-corrected chi connectivity index (χ1v) is 7.38. The van der Waals surface area contributed by atoms with E-state index in [2.05, 4.69) is 10.1 Å². The lowest BCUT2D eigenvalue weighted by atomic mass is 10.2. The Hall–Kier alpha value is -2.21. The number of ether oxygens (including phenoxy) is 1. The fourth-order valence-corrected chi connectivity index (χ4v) is 2.29. The van der Waals surface area contributed by atoms with Gasteiger partial charge in [-0.25, -0.2) is 4.39 Å². The zero-order chi connectivity index (χ0) is 15.5. The second-order valence-corrected chi connectivity index (χ2v) is 5.55. The van der Waals surface area contributed by atoms with Gasteiger partial charge >= 0.3 is 5.82 Å². The average molecular weight is 303 g/mol. The molecule has 6 heteroatoms. The number of hydrogen-bond donors (Lipinski definition) is 2. The van der Waals surface area contributed by atoms with Gasteiger partial charge in [-0.3, -0.25) is 0 Å². The van der Waals surface area contributed by atoms with Crippen molar-refractivity contribution in [2.45, 2.75) is 18.8 Å². The van der Waals surface area contributed by atoms with E-state index in [1.165, 1.54) is 12.8 Å². The molecule has 1 aliphatic carbocycles. The highest BCUT2D eigenvalue weighted by Gasteiger charge is 2.35. The molecule has 3 rings (SSSR count). The van der Waals surface area contributed by atoms with Crippen LogP contribution in [0.5, 0.6) is 5.75 Å². The number of hydrogen-bond acceptors (Lipinski definition) is 3. The van der Waals surface area contributed by atoms with Crippen LogP contribution in [0.4, 0.5) is 4.39 Å². The van der Waals surface area contributed by atoms with Crippen LogP contribution >= 0.6 is 0 Å². The van der Waals surface area contributed by atoms with E-state index >= 15 is 0 Å². The molecule has 0 aliphatic heterocycles. The van der Waals surface area contributed by atoms with Crippen LogP contribution in [0.3, 0.4) is 0 Å². The first kappa shape index (κ1) is 14.7. The van der Waals surface area contributed by atoms with Gasteiger partial charge in [0.15, 0.2) is 0 Å². The number of aromatic amines is 1. The monoisotopic (exact) mass is 303 g/mol. The van der Waals surface area contributed by atoms with E-state index in [1.807, 2.05) is 36.0 Å². The smallest absolute Gasteiger partial charge is 0.322 e. The molecule has 0 spiro atoms. The van der Waals surface area contributed by atoms with Gasteiger partial charge in [0.25, 0.3) is 5.82 Å². The van der Waals surface area contributed by atoms with Crippen LogP contribution in [-0.2, 0) is 7.05 Å². The fourth-order valence-electron chi connectivity index (χ4n) is 2.29. The molecule has 1 saturated carbocycles. The molecule has 0 amide bonds. The number of aromatic nitrogens is 3. The van der Waals surface area contributed by atoms with Crippen LogP contribution in [0, 0.1) is 0 Å². The van der Waals surface area contributed by atoms with E-state index in [0.29, 0.717) is 23.6 Å². The quantitative estimate of drug-likeness (QED) is 0.802. The van der Waals surface area contributed by atoms with Gasteiger partial charge in [0, 0.05) is 17.7 Å². The Morgan fingerprint density at radius 3 is 2.77 bits per heavy atom. The van der Waals surface area contributed by atoms with Crippen LogP contribution in [-0.4, -0.2) is 23.2 Å². The zero-order valence-corrected chi connectivity index (χ0v) is 12.6. The molecule has 1 heterocycles. The summed E-state index contributed by atoms with van der Waals surface area (Å²) in [5, 5.41) is 3.26. The Morgan fingerprint density at radius 2 is 2.18 bits per heavy atom. The van der Waals surface area contributed by atoms with E-state index in [1.54, 1.807) is 0 Å². The molecule has 0 radical (unpaired) electrons. The highest BCUT2D eigenvalue weighted by Crippen LogP contribution is 2.37. The second kappa shape index (κ2) is 6.27. The highest BCUT2D eigenvalue weighted by molar-refractivity contribution is 5.55. The van der Waals surface area contributed by atoms with Gasteiger partial charge < -0.3 is 10.5 Å². The van der Waals surface area contributed by atoms with Crippen molar-refractivity contribution in [2.75, 3.05) is 13.2 Å². The molecule has 2 aromatic rings. The number of nitrogens with zero attached hydrogens (tertiary/aromatic N) is 2. The van der Waals surface area contributed by atoms with Crippen molar-refractivity contribution in [2.24, 2.45) is 12.8 Å². The Labute approximate surface area is 128 Å². The molecule has 0 atom stereocenters. The van der Waals surface area contributed by atoms with Gasteiger partial charge in [0.1, 0.15) is 19.4 Å².